The van der Waals surface area contributed by atoms with Crippen molar-refractivity contribution in [1.82, 2.24) is 0 Å². The number of benzene rings is 2. The molecule has 0 saturated heterocycles. The Morgan fingerprint density at radius 2 is 1.64 bits per heavy atom. The molecule has 154 valence electrons. The fourth-order valence-electron chi connectivity index (χ4n) is 2.68. The number of hydrogen-bond donors (Lipinski definition) is 0. The minimum atomic E-state index is -3.93. The summed E-state index contributed by atoms with van der Waals surface area (Å²) in [6.45, 7) is 6.86. The third kappa shape index (κ3) is 6.62. The van der Waals surface area contributed by atoms with Crippen LogP contribution in [0.5, 0.6) is 5.75 Å². The summed E-state index contributed by atoms with van der Waals surface area (Å²) in [5, 5.41) is 0. The summed E-state index contributed by atoms with van der Waals surface area (Å²) in [6, 6.07) is 15.1. The SMILES string of the molecule is COCCOc1ccc(C(C)(C)C)cc1S(=O)(=O)OCCCc1ccccc1. The van der Waals surface area contributed by atoms with Gasteiger partial charge in [0.2, 0.25) is 0 Å². The van der Waals surface area contributed by atoms with Crippen molar-refractivity contribution >= 4 is 10.1 Å². The molecule has 0 fully saturated rings. The molecule has 2 rings (SSSR count). The molecule has 0 aliphatic heterocycles. The van der Waals surface area contributed by atoms with Gasteiger partial charge in [-0.1, -0.05) is 57.2 Å². The predicted octanol–water partition coefficient (Wildman–Crippen LogP) is 4.35. The van der Waals surface area contributed by atoms with Crippen LogP contribution < -0.4 is 4.74 Å². The first-order valence-corrected chi connectivity index (χ1v) is 10.8. The van der Waals surface area contributed by atoms with E-state index in [9.17, 15) is 8.42 Å². The van der Waals surface area contributed by atoms with Crippen molar-refractivity contribution in [2.75, 3.05) is 26.9 Å². The van der Waals surface area contributed by atoms with Crippen LogP contribution in [-0.2, 0) is 30.9 Å². The predicted molar refractivity (Wildman–Crippen MR) is 110 cm³/mol. The number of ether oxygens (including phenoxy) is 2. The highest BCUT2D eigenvalue weighted by Crippen LogP contribution is 2.32. The molecule has 2 aromatic rings. The molecule has 0 aliphatic rings. The molecule has 0 atom stereocenters. The van der Waals surface area contributed by atoms with Gasteiger partial charge in [-0.2, -0.15) is 8.42 Å². The van der Waals surface area contributed by atoms with Crippen LogP contribution in [0, 0.1) is 0 Å². The highest BCUT2D eigenvalue weighted by Gasteiger charge is 2.24. The fourth-order valence-corrected chi connectivity index (χ4v) is 3.79. The van der Waals surface area contributed by atoms with Crippen molar-refractivity contribution in [2.24, 2.45) is 0 Å². The van der Waals surface area contributed by atoms with Crippen molar-refractivity contribution in [3.63, 3.8) is 0 Å². The molecule has 0 unspecified atom stereocenters. The second-order valence-corrected chi connectivity index (χ2v) is 9.20. The third-order valence-corrected chi connectivity index (χ3v) is 5.65. The maximum absolute atomic E-state index is 12.8. The van der Waals surface area contributed by atoms with Crippen LogP contribution in [-0.4, -0.2) is 35.3 Å². The van der Waals surface area contributed by atoms with E-state index >= 15 is 0 Å². The first kappa shape index (κ1) is 22.4. The smallest absolute Gasteiger partial charge is 0.300 e. The van der Waals surface area contributed by atoms with E-state index in [1.807, 2.05) is 57.2 Å². The molecule has 0 aliphatic carbocycles. The van der Waals surface area contributed by atoms with Gasteiger partial charge in [0.25, 0.3) is 0 Å². The standard InChI is InChI=1S/C22H30O5S/c1-22(2,3)19-12-13-20(26-16-15-25-4)21(17-19)28(23,24)27-14-8-11-18-9-6-5-7-10-18/h5-7,9-10,12-13,17H,8,11,14-16H2,1-4H3. The van der Waals surface area contributed by atoms with Crippen LogP contribution in [0.4, 0.5) is 0 Å². The molecule has 0 bridgehead atoms. The quantitative estimate of drug-likeness (QED) is 0.434. The molecule has 0 spiro atoms. The lowest BCUT2D eigenvalue weighted by Crippen LogP contribution is -2.16. The average molecular weight is 407 g/mol. The van der Waals surface area contributed by atoms with Crippen LogP contribution in [0.2, 0.25) is 0 Å². The Bertz CT molecular complexity index is 839. The lowest BCUT2D eigenvalue weighted by molar-refractivity contribution is 0.144. The number of hydrogen-bond acceptors (Lipinski definition) is 5. The Hall–Kier alpha value is -1.89. The summed E-state index contributed by atoms with van der Waals surface area (Å²) in [5.41, 5.74) is 1.86. The summed E-state index contributed by atoms with van der Waals surface area (Å²) in [4.78, 5) is 0.0655. The van der Waals surface area contributed by atoms with Gasteiger partial charge in [-0.05, 0) is 41.5 Å². The molecular weight excluding hydrogens is 376 g/mol. The van der Waals surface area contributed by atoms with Gasteiger partial charge in [-0.3, -0.25) is 4.18 Å². The molecule has 0 saturated carbocycles. The Morgan fingerprint density at radius 3 is 2.29 bits per heavy atom. The molecule has 0 N–H and O–H groups in total. The van der Waals surface area contributed by atoms with Gasteiger partial charge in [-0.25, -0.2) is 0 Å². The zero-order valence-corrected chi connectivity index (χ0v) is 17.9. The zero-order valence-electron chi connectivity index (χ0n) is 17.1. The molecule has 2 aromatic carbocycles. The lowest BCUT2D eigenvalue weighted by atomic mass is 9.87. The first-order chi connectivity index (χ1) is 13.2. The van der Waals surface area contributed by atoms with Gasteiger partial charge in [0.05, 0.1) is 13.2 Å². The second kappa shape index (κ2) is 10.0. The number of methoxy groups -OCH3 is 1. The summed E-state index contributed by atoms with van der Waals surface area (Å²) in [5.74, 6) is 0.285. The van der Waals surface area contributed by atoms with Crippen molar-refractivity contribution in [1.29, 1.82) is 0 Å². The highest BCUT2D eigenvalue weighted by atomic mass is 32.2. The normalized spacial score (nSPS) is 12.1. The van der Waals surface area contributed by atoms with E-state index < -0.39 is 10.1 Å². The van der Waals surface area contributed by atoms with E-state index in [2.05, 4.69) is 0 Å². The molecule has 0 aromatic heterocycles. The van der Waals surface area contributed by atoms with Gasteiger partial charge < -0.3 is 9.47 Å². The van der Waals surface area contributed by atoms with Crippen LogP contribution in [0.15, 0.2) is 53.4 Å². The molecule has 6 heteroatoms. The van der Waals surface area contributed by atoms with Crippen molar-refractivity contribution in [3.8, 4) is 5.75 Å². The van der Waals surface area contributed by atoms with E-state index in [4.69, 9.17) is 13.7 Å². The largest absolute Gasteiger partial charge is 0.490 e. The Morgan fingerprint density at radius 1 is 0.929 bits per heavy atom. The van der Waals surface area contributed by atoms with Crippen LogP contribution in [0.1, 0.15) is 38.3 Å². The van der Waals surface area contributed by atoms with Crippen LogP contribution in [0.25, 0.3) is 0 Å². The van der Waals surface area contributed by atoms with E-state index in [-0.39, 0.29) is 29.3 Å². The summed E-state index contributed by atoms with van der Waals surface area (Å²) < 4.78 is 41.6. The number of aryl methyl sites for hydroxylation is 1. The maximum atomic E-state index is 12.8. The van der Waals surface area contributed by atoms with Gasteiger partial charge in [0.1, 0.15) is 17.3 Å². The average Bonchev–Trinajstić information content (AvgIpc) is 2.65. The van der Waals surface area contributed by atoms with E-state index in [1.165, 1.54) is 0 Å². The van der Waals surface area contributed by atoms with Gasteiger partial charge >= 0.3 is 10.1 Å². The molecule has 0 amide bonds. The molecular formula is C22H30O5S. The molecule has 0 heterocycles. The Labute approximate surface area is 168 Å². The monoisotopic (exact) mass is 406 g/mol. The number of rotatable bonds is 10. The minimum Gasteiger partial charge on any atom is -0.490 e. The summed E-state index contributed by atoms with van der Waals surface area (Å²) >= 11 is 0. The van der Waals surface area contributed by atoms with Gasteiger partial charge in [-0.15, -0.1) is 0 Å². The summed E-state index contributed by atoms with van der Waals surface area (Å²) in [6.07, 6.45) is 1.37. The topological polar surface area (TPSA) is 61.8 Å². The highest BCUT2D eigenvalue weighted by molar-refractivity contribution is 7.86. The van der Waals surface area contributed by atoms with Crippen molar-refractivity contribution in [2.45, 2.75) is 43.9 Å². The van der Waals surface area contributed by atoms with E-state index in [0.717, 1.165) is 17.5 Å². The minimum absolute atomic E-state index is 0.0655. The van der Waals surface area contributed by atoms with E-state index in [0.29, 0.717) is 13.0 Å². The molecule has 28 heavy (non-hydrogen) atoms. The van der Waals surface area contributed by atoms with Gasteiger partial charge in [0, 0.05) is 7.11 Å². The Kier molecular flexibility index (Phi) is 8.04. The zero-order chi connectivity index (χ0) is 20.6. The van der Waals surface area contributed by atoms with Crippen molar-refractivity contribution in [3.05, 3.63) is 59.7 Å². The van der Waals surface area contributed by atoms with Crippen LogP contribution in [0.3, 0.4) is 0 Å². The van der Waals surface area contributed by atoms with E-state index in [1.54, 1.807) is 19.2 Å². The fraction of sp³-hybridized carbons (Fsp3) is 0.455. The Balaban J connectivity index is 2.13. The van der Waals surface area contributed by atoms with Gasteiger partial charge in [0.15, 0.2) is 0 Å². The lowest BCUT2D eigenvalue weighted by Gasteiger charge is -2.21. The molecule has 0 radical (unpaired) electrons. The van der Waals surface area contributed by atoms with Crippen LogP contribution >= 0.6 is 0 Å². The first-order valence-electron chi connectivity index (χ1n) is 9.43. The maximum Gasteiger partial charge on any atom is 0.300 e. The second-order valence-electron chi connectivity index (χ2n) is 7.62. The third-order valence-electron chi connectivity index (χ3n) is 4.32. The summed E-state index contributed by atoms with van der Waals surface area (Å²) in [7, 11) is -2.36. The molecule has 5 nitrogen and oxygen atoms in total. The van der Waals surface area contributed by atoms with Crippen molar-refractivity contribution < 1.29 is 22.1 Å².